The number of piperidine rings is 1. The lowest BCUT2D eigenvalue weighted by molar-refractivity contribution is -0.143. The Kier molecular flexibility index (Phi) is 6.00. The van der Waals surface area contributed by atoms with E-state index in [-0.39, 0.29) is 11.7 Å². The van der Waals surface area contributed by atoms with Crippen LogP contribution in [0.15, 0.2) is 67.1 Å². The van der Waals surface area contributed by atoms with Crippen LogP contribution in [-0.2, 0) is 11.3 Å². The van der Waals surface area contributed by atoms with Gasteiger partial charge in [-0.1, -0.05) is 12.1 Å². The van der Waals surface area contributed by atoms with E-state index in [0.717, 1.165) is 86.9 Å². The Labute approximate surface area is 227 Å². The molecule has 0 spiro atoms. The number of carboxylic acids is 1. The van der Waals surface area contributed by atoms with E-state index in [4.69, 9.17) is 4.98 Å². The highest BCUT2D eigenvalue weighted by atomic mass is 19.1. The van der Waals surface area contributed by atoms with E-state index in [0.29, 0.717) is 5.92 Å². The maximum atomic E-state index is 13.5. The van der Waals surface area contributed by atoms with Gasteiger partial charge in [0.05, 0.1) is 17.3 Å². The maximum Gasteiger partial charge on any atom is 0.306 e. The van der Waals surface area contributed by atoms with E-state index in [2.05, 4.69) is 49.4 Å². The van der Waals surface area contributed by atoms with Gasteiger partial charge in [0.15, 0.2) is 5.82 Å². The predicted octanol–water partition coefficient (Wildman–Crippen LogP) is 5.13. The van der Waals surface area contributed by atoms with Crippen LogP contribution in [0.25, 0.3) is 28.3 Å². The first-order valence-corrected chi connectivity index (χ1v) is 13.8. The molecule has 1 atom stereocenters. The quantitative estimate of drug-likeness (QED) is 0.345. The first-order chi connectivity index (χ1) is 19.0. The molecule has 2 aromatic heterocycles. The van der Waals surface area contributed by atoms with Crippen LogP contribution < -0.4 is 4.90 Å². The minimum absolute atomic E-state index is 0.176. The summed E-state index contributed by atoms with van der Waals surface area (Å²) in [5, 5.41) is 9.29. The molecule has 0 aliphatic carbocycles. The number of imidazole rings is 1. The zero-order valence-electron chi connectivity index (χ0n) is 21.8. The fourth-order valence-electron chi connectivity index (χ4n) is 6.57. The van der Waals surface area contributed by atoms with Crippen molar-refractivity contribution in [2.24, 2.45) is 11.8 Å². The molecule has 5 heterocycles. The van der Waals surface area contributed by atoms with Crippen LogP contribution in [0.1, 0.15) is 24.8 Å². The van der Waals surface area contributed by atoms with Crippen molar-refractivity contribution in [1.29, 1.82) is 0 Å². The summed E-state index contributed by atoms with van der Waals surface area (Å²) in [5.41, 5.74) is 6.72. The third-order valence-electron chi connectivity index (χ3n) is 8.71. The van der Waals surface area contributed by atoms with Crippen molar-refractivity contribution in [3.05, 3.63) is 78.5 Å². The van der Waals surface area contributed by atoms with Crippen LogP contribution in [0.5, 0.6) is 0 Å². The zero-order chi connectivity index (χ0) is 26.5. The number of likely N-dealkylation sites (tertiary alicyclic amines) is 1. The molecule has 1 unspecified atom stereocenters. The lowest BCUT2D eigenvalue weighted by Crippen LogP contribution is -2.39. The number of aliphatic carboxylic acids is 1. The van der Waals surface area contributed by atoms with Gasteiger partial charge in [0.1, 0.15) is 5.82 Å². The van der Waals surface area contributed by atoms with Gasteiger partial charge in [0.2, 0.25) is 0 Å². The number of anilines is 1. The van der Waals surface area contributed by atoms with Gasteiger partial charge in [-0.2, -0.15) is 0 Å². The van der Waals surface area contributed by atoms with E-state index in [1.54, 1.807) is 0 Å². The SMILES string of the molecule is O=C(O)C1CCN(CC2CCN(c3ccc4c(c3)Cn3cc(-c5ccc(F)cc5)cc3-c3nccn3-4)C2)CC1. The van der Waals surface area contributed by atoms with Crippen LogP contribution in [0.4, 0.5) is 10.1 Å². The molecule has 2 fully saturated rings. The second-order valence-electron chi connectivity index (χ2n) is 11.2. The molecule has 2 aromatic carbocycles. The average molecular weight is 526 g/mol. The summed E-state index contributed by atoms with van der Waals surface area (Å²) in [7, 11) is 0. The van der Waals surface area contributed by atoms with Gasteiger partial charge in [-0.15, -0.1) is 0 Å². The van der Waals surface area contributed by atoms with Gasteiger partial charge < -0.3 is 19.5 Å². The summed E-state index contributed by atoms with van der Waals surface area (Å²) < 4.78 is 17.9. The minimum atomic E-state index is -0.647. The van der Waals surface area contributed by atoms with E-state index in [1.807, 2.05) is 24.5 Å². The number of aromatic nitrogens is 3. The highest BCUT2D eigenvalue weighted by molar-refractivity contribution is 5.72. The lowest BCUT2D eigenvalue weighted by Gasteiger charge is -2.32. The Balaban J connectivity index is 1.11. The van der Waals surface area contributed by atoms with Gasteiger partial charge in [0.25, 0.3) is 0 Å². The number of hydrogen-bond acceptors (Lipinski definition) is 4. The van der Waals surface area contributed by atoms with Crippen molar-refractivity contribution < 1.29 is 14.3 Å². The van der Waals surface area contributed by atoms with Crippen molar-refractivity contribution in [2.45, 2.75) is 25.8 Å². The van der Waals surface area contributed by atoms with Gasteiger partial charge in [-0.3, -0.25) is 9.36 Å². The summed E-state index contributed by atoms with van der Waals surface area (Å²) in [6.45, 7) is 5.62. The second-order valence-corrected chi connectivity index (χ2v) is 11.2. The molecule has 7 rings (SSSR count). The predicted molar refractivity (Wildman–Crippen MR) is 149 cm³/mol. The topological polar surface area (TPSA) is 66.5 Å². The number of nitrogens with zero attached hydrogens (tertiary/aromatic N) is 5. The first kappa shape index (κ1) is 24.2. The normalized spacial score (nSPS) is 19.4. The molecule has 3 aliphatic heterocycles. The summed E-state index contributed by atoms with van der Waals surface area (Å²) in [6, 6.07) is 15.6. The molecule has 2 saturated heterocycles. The standard InChI is InChI=1S/C31H32FN5O2/c32-26-3-1-22(2-4-26)24-16-29-30-33-10-14-37(30)28-6-5-27(15-25(28)20-36(29)19-24)35-13-7-21(18-35)17-34-11-8-23(9-12-34)31(38)39/h1-6,10,14-16,19,21,23H,7-9,11-13,17-18,20H2,(H,38,39). The summed E-state index contributed by atoms with van der Waals surface area (Å²) >= 11 is 0. The molecule has 0 amide bonds. The molecule has 1 N–H and O–H groups in total. The third kappa shape index (κ3) is 4.52. The van der Waals surface area contributed by atoms with Crippen molar-refractivity contribution in [1.82, 2.24) is 19.0 Å². The van der Waals surface area contributed by atoms with E-state index >= 15 is 0 Å². The monoisotopic (exact) mass is 525 g/mol. The van der Waals surface area contributed by atoms with Crippen LogP contribution in [-0.4, -0.2) is 62.8 Å². The number of carbonyl (C=O) groups is 1. The summed E-state index contributed by atoms with van der Waals surface area (Å²) in [5.74, 6) is 0.446. The van der Waals surface area contributed by atoms with Crippen LogP contribution in [0, 0.1) is 17.7 Å². The lowest BCUT2D eigenvalue weighted by atomic mass is 9.96. The molecule has 3 aliphatic rings. The number of rotatable bonds is 5. The molecule has 7 nitrogen and oxygen atoms in total. The third-order valence-corrected chi connectivity index (χ3v) is 8.71. The van der Waals surface area contributed by atoms with E-state index < -0.39 is 5.97 Å². The van der Waals surface area contributed by atoms with Crippen LogP contribution in [0.2, 0.25) is 0 Å². The Bertz CT molecular complexity index is 1520. The van der Waals surface area contributed by atoms with E-state index in [9.17, 15) is 14.3 Å². The van der Waals surface area contributed by atoms with Crippen molar-refractivity contribution in [3.63, 3.8) is 0 Å². The highest BCUT2D eigenvalue weighted by Crippen LogP contribution is 2.36. The Hall–Kier alpha value is -3.91. The van der Waals surface area contributed by atoms with Gasteiger partial charge >= 0.3 is 5.97 Å². The summed E-state index contributed by atoms with van der Waals surface area (Å²) in [4.78, 5) is 20.9. The highest BCUT2D eigenvalue weighted by Gasteiger charge is 2.29. The number of benzene rings is 2. The Morgan fingerprint density at radius 1 is 1.00 bits per heavy atom. The van der Waals surface area contributed by atoms with Gasteiger partial charge in [-0.25, -0.2) is 9.37 Å². The Morgan fingerprint density at radius 3 is 2.62 bits per heavy atom. The molecule has 0 saturated carbocycles. The maximum absolute atomic E-state index is 13.5. The molecule has 39 heavy (non-hydrogen) atoms. The number of fused-ring (bicyclic) bond motifs is 5. The number of halogens is 1. The average Bonchev–Trinajstić information content (AvgIpc) is 3.68. The number of hydrogen-bond donors (Lipinski definition) is 1. The molecule has 8 heteroatoms. The molecule has 0 bridgehead atoms. The molecule has 4 aromatic rings. The second kappa shape index (κ2) is 9.68. The van der Waals surface area contributed by atoms with Gasteiger partial charge in [-0.05, 0) is 85.8 Å². The molecular formula is C31H32FN5O2. The fraction of sp³-hybridized carbons (Fsp3) is 0.355. The first-order valence-electron chi connectivity index (χ1n) is 13.8. The number of carboxylic acid groups (broad SMARTS) is 1. The van der Waals surface area contributed by atoms with Crippen molar-refractivity contribution in [3.8, 4) is 28.3 Å². The van der Waals surface area contributed by atoms with Crippen LogP contribution in [0.3, 0.4) is 0 Å². The zero-order valence-corrected chi connectivity index (χ0v) is 21.8. The minimum Gasteiger partial charge on any atom is -0.481 e. The smallest absolute Gasteiger partial charge is 0.306 e. The Morgan fingerprint density at radius 2 is 1.82 bits per heavy atom. The van der Waals surface area contributed by atoms with Crippen LogP contribution >= 0.6 is 0 Å². The van der Waals surface area contributed by atoms with Crippen molar-refractivity contribution >= 4 is 11.7 Å². The van der Waals surface area contributed by atoms with Gasteiger partial charge in [0, 0.05) is 56.0 Å². The van der Waals surface area contributed by atoms with E-state index in [1.165, 1.54) is 23.4 Å². The largest absolute Gasteiger partial charge is 0.481 e. The fourth-order valence-corrected chi connectivity index (χ4v) is 6.57. The van der Waals surface area contributed by atoms with Crippen molar-refractivity contribution in [2.75, 3.05) is 37.6 Å². The summed E-state index contributed by atoms with van der Waals surface area (Å²) in [6.07, 6.45) is 8.69. The molecular weight excluding hydrogens is 493 g/mol. The molecule has 200 valence electrons. The molecule has 0 radical (unpaired) electrons.